The number of halogens is 1. The van der Waals surface area contributed by atoms with E-state index in [1.807, 2.05) is 13.8 Å². The number of carbonyl (C=O) groups is 1. The monoisotopic (exact) mass is 248 g/mol. The minimum absolute atomic E-state index is 0.00502. The zero-order valence-electron chi connectivity index (χ0n) is 10.6. The molecule has 0 radical (unpaired) electrons. The third kappa shape index (κ3) is 2.70. The van der Waals surface area contributed by atoms with Gasteiger partial charge in [-0.1, -0.05) is 6.92 Å². The van der Waals surface area contributed by atoms with E-state index >= 15 is 0 Å². The molecule has 3 nitrogen and oxygen atoms in total. The van der Waals surface area contributed by atoms with E-state index < -0.39 is 0 Å². The fourth-order valence-corrected chi connectivity index (χ4v) is 1.91. The lowest BCUT2D eigenvalue weighted by Crippen LogP contribution is -2.33. The van der Waals surface area contributed by atoms with E-state index in [0.717, 1.165) is 22.9 Å². The molecule has 1 aromatic heterocycles. The van der Waals surface area contributed by atoms with Crippen LogP contribution in [0.5, 0.6) is 0 Å². The van der Waals surface area contributed by atoms with Crippen LogP contribution in [0.4, 0.5) is 4.39 Å². The van der Waals surface area contributed by atoms with E-state index in [4.69, 9.17) is 0 Å². The summed E-state index contributed by atoms with van der Waals surface area (Å²) < 4.78 is 13.0. The SMILES string of the molecule is CCC(C)NC(=O)Cc1c[nH]c2cc(F)ccc12. The maximum Gasteiger partial charge on any atom is 0.224 e. The van der Waals surface area contributed by atoms with Crippen LogP contribution >= 0.6 is 0 Å². The van der Waals surface area contributed by atoms with Gasteiger partial charge in [0.05, 0.1) is 6.42 Å². The standard InChI is InChI=1S/C14H17FN2O/c1-3-9(2)17-14(18)6-10-8-16-13-7-11(15)4-5-12(10)13/h4-5,7-9,16H,3,6H2,1-2H3,(H,17,18). The third-order valence-corrected chi connectivity index (χ3v) is 3.10. The lowest BCUT2D eigenvalue weighted by molar-refractivity contribution is -0.121. The second-order valence-corrected chi connectivity index (χ2v) is 4.56. The highest BCUT2D eigenvalue weighted by molar-refractivity contribution is 5.88. The fourth-order valence-electron chi connectivity index (χ4n) is 1.91. The summed E-state index contributed by atoms with van der Waals surface area (Å²) in [6.07, 6.45) is 2.99. The van der Waals surface area contributed by atoms with Gasteiger partial charge in [0.1, 0.15) is 5.82 Å². The van der Waals surface area contributed by atoms with Crippen molar-refractivity contribution in [1.29, 1.82) is 0 Å². The summed E-state index contributed by atoms with van der Waals surface area (Å²) in [5.74, 6) is -0.283. The molecular weight excluding hydrogens is 231 g/mol. The van der Waals surface area contributed by atoms with Crippen LogP contribution in [0.3, 0.4) is 0 Å². The Bertz CT molecular complexity index is 562. The molecule has 1 amide bonds. The van der Waals surface area contributed by atoms with Crippen molar-refractivity contribution in [3.05, 3.63) is 35.8 Å². The largest absolute Gasteiger partial charge is 0.361 e. The Hall–Kier alpha value is -1.84. The quantitative estimate of drug-likeness (QED) is 0.858. The molecule has 0 spiro atoms. The second-order valence-electron chi connectivity index (χ2n) is 4.56. The molecule has 0 aliphatic carbocycles. The van der Waals surface area contributed by atoms with Crippen LogP contribution in [0.25, 0.3) is 10.9 Å². The topological polar surface area (TPSA) is 44.9 Å². The predicted molar refractivity (Wildman–Crippen MR) is 69.9 cm³/mol. The smallest absolute Gasteiger partial charge is 0.224 e. The van der Waals surface area contributed by atoms with Gasteiger partial charge in [-0.2, -0.15) is 0 Å². The minimum Gasteiger partial charge on any atom is -0.361 e. The van der Waals surface area contributed by atoms with Crippen molar-refractivity contribution in [2.45, 2.75) is 32.7 Å². The molecule has 2 N–H and O–H groups in total. The average molecular weight is 248 g/mol. The van der Waals surface area contributed by atoms with E-state index in [1.165, 1.54) is 12.1 Å². The summed E-state index contributed by atoms with van der Waals surface area (Å²) in [5, 5.41) is 3.82. The third-order valence-electron chi connectivity index (χ3n) is 3.10. The van der Waals surface area contributed by atoms with E-state index in [9.17, 15) is 9.18 Å². The first-order valence-corrected chi connectivity index (χ1v) is 6.15. The van der Waals surface area contributed by atoms with Gasteiger partial charge in [0.25, 0.3) is 0 Å². The zero-order valence-corrected chi connectivity index (χ0v) is 10.6. The van der Waals surface area contributed by atoms with Crippen molar-refractivity contribution in [3.8, 4) is 0 Å². The number of hydrogen-bond donors (Lipinski definition) is 2. The lowest BCUT2D eigenvalue weighted by Gasteiger charge is -2.10. The summed E-state index contributed by atoms with van der Waals surface area (Å²) in [6, 6.07) is 4.73. The Labute approximate surface area is 105 Å². The molecule has 1 atom stereocenters. The van der Waals surface area contributed by atoms with Gasteiger partial charge in [-0.3, -0.25) is 4.79 Å². The first-order valence-electron chi connectivity index (χ1n) is 6.15. The highest BCUT2D eigenvalue weighted by Crippen LogP contribution is 2.19. The molecule has 2 rings (SSSR count). The van der Waals surface area contributed by atoms with Crippen LogP contribution in [-0.4, -0.2) is 16.9 Å². The van der Waals surface area contributed by atoms with Crippen LogP contribution in [0.1, 0.15) is 25.8 Å². The van der Waals surface area contributed by atoms with Crippen molar-refractivity contribution in [2.24, 2.45) is 0 Å². The number of rotatable bonds is 4. The summed E-state index contributed by atoms with van der Waals surface area (Å²) in [6.45, 7) is 4.00. The summed E-state index contributed by atoms with van der Waals surface area (Å²) in [7, 11) is 0. The molecule has 18 heavy (non-hydrogen) atoms. The Balaban J connectivity index is 2.15. The van der Waals surface area contributed by atoms with Crippen molar-refractivity contribution >= 4 is 16.8 Å². The first kappa shape index (κ1) is 12.6. The van der Waals surface area contributed by atoms with Gasteiger partial charge in [0, 0.05) is 23.1 Å². The van der Waals surface area contributed by atoms with Gasteiger partial charge in [0.15, 0.2) is 0 Å². The number of H-pyrrole nitrogens is 1. The molecule has 2 aromatic rings. The normalized spacial score (nSPS) is 12.6. The number of aromatic amines is 1. The van der Waals surface area contributed by atoms with E-state index in [-0.39, 0.29) is 17.8 Å². The minimum atomic E-state index is -0.278. The van der Waals surface area contributed by atoms with Crippen LogP contribution in [0, 0.1) is 5.82 Å². The van der Waals surface area contributed by atoms with Crippen LogP contribution in [0.15, 0.2) is 24.4 Å². The van der Waals surface area contributed by atoms with Crippen LogP contribution in [0.2, 0.25) is 0 Å². The summed E-state index contributed by atoms with van der Waals surface area (Å²) >= 11 is 0. The molecule has 1 aromatic carbocycles. The number of hydrogen-bond acceptors (Lipinski definition) is 1. The maximum absolute atomic E-state index is 13.0. The number of amides is 1. The van der Waals surface area contributed by atoms with Gasteiger partial charge in [-0.15, -0.1) is 0 Å². The average Bonchev–Trinajstić information content (AvgIpc) is 2.71. The number of fused-ring (bicyclic) bond motifs is 1. The van der Waals surface area contributed by atoms with Gasteiger partial charge >= 0.3 is 0 Å². The Kier molecular flexibility index (Phi) is 3.65. The number of benzene rings is 1. The van der Waals surface area contributed by atoms with E-state index in [0.29, 0.717) is 6.42 Å². The van der Waals surface area contributed by atoms with E-state index in [2.05, 4.69) is 10.3 Å². The predicted octanol–water partition coefficient (Wildman–Crippen LogP) is 2.76. The fraction of sp³-hybridized carbons (Fsp3) is 0.357. The Morgan fingerprint density at radius 2 is 2.28 bits per heavy atom. The highest BCUT2D eigenvalue weighted by Gasteiger charge is 2.10. The van der Waals surface area contributed by atoms with Crippen molar-refractivity contribution in [3.63, 3.8) is 0 Å². The zero-order chi connectivity index (χ0) is 13.1. The van der Waals surface area contributed by atoms with Crippen molar-refractivity contribution in [2.75, 3.05) is 0 Å². The molecule has 0 aliphatic heterocycles. The molecule has 1 heterocycles. The Morgan fingerprint density at radius 3 is 3.00 bits per heavy atom. The molecule has 0 fully saturated rings. The van der Waals surface area contributed by atoms with Gasteiger partial charge in [0.2, 0.25) is 5.91 Å². The molecule has 0 saturated heterocycles. The number of aromatic nitrogens is 1. The summed E-state index contributed by atoms with van der Waals surface area (Å²) in [5.41, 5.74) is 1.62. The highest BCUT2D eigenvalue weighted by atomic mass is 19.1. The van der Waals surface area contributed by atoms with Crippen molar-refractivity contribution in [1.82, 2.24) is 10.3 Å². The molecular formula is C14H17FN2O. The summed E-state index contributed by atoms with van der Waals surface area (Å²) in [4.78, 5) is 14.8. The first-order chi connectivity index (χ1) is 8.60. The van der Waals surface area contributed by atoms with Gasteiger partial charge in [-0.25, -0.2) is 4.39 Å². The number of nitrogens with one attached hydrogen (secondary N) is 2. The molecule has 0 aliphatic rings. The van der Waals surface area contributed by atoms with E-state index in [1.54, 1.807) is 12.3 Å². The lowest BCUT2D eigenvalue weighted by atomic mass is 10.1. The molecule has 4 heteroatoms. The van der Waals surface area contributed by atoms with Gasteiger partial charge in [-0.05, 0) is 37.1 Å². The number of carbonyl (C=O) groups excluding carboxylic acids is 1. The van der Waals surface area contributed by atoms with Crippen molar-refractivity contribution < 1.29 is 9.18 Å². The molecule has 96 valence electrons. The maximum atomic E-state index is 13.0. The molecule has 0 saturated carbocycles. The second kappa shape index (κ2) is 5.21. The Morgan fingerprint density at radius 1 is 1.50 bits per heavy atom. The van der Waals surface area contributed by atoms with Crippen LogP contribution < -0.4 is 5.32 Å². The van der Waals surface area contributed by atoms with Crippen LogP contribution in [-0.2, 0) is 11.2 Å². The molecule has 1 unspecified atom stereocenters. The molecule has 0 bridgehead atoms. The van der Waals surface area contributed by atoms with Gasteiger partial charge < -0.3 is 10.3 Å².